The van der Waals surface area contributed by atoms with E-state index in [1.807, 2.05) is 13.8 Å². The van der Waals surface area contributed by atoms with Gasteiger partial charge in [0.15, 0.2) is 22.7 Å². The predicted molar refractivity (Wildman–Crippen MR) is 316 cm³/mol. The molecule has 11 rings (SSSR count). The summed E-state index contributed by atoms with van der Waals surface area (Å²) in [4.78, 5) is 117. The average Bonchev–Trinajstić information content (AvgIpc) is 1.08. The van der Waals surface area contributed by atoms with Gasteiger partial charge in [-0.05, 0) is 114 Å². The van der Waals surface area contributed by atoms with Crippen molar-refractivity contribution in [3.63, 3.8) is 0 Å². The van der Waals surface area contributed by atoms with Crippen molar-refractivity contribution < 1.29 is 83.6 Å². The summed E-state index contributed by atoms with van der Waals surface area (Å²) >= 11 is 12.5. The minimum atomic E-state index is -2.16. The summed E-state index contributed by atoms with van der Waals surface area (Å²) in [7, 11) is 1.54. The average molecular weight is 1240 g/mol. The lowest BCUT2D eigenvalue weighted by Crippen LogP contribution is -2.59. The van der Waals surface area contributed by atoms with Gasteiger partial charge in [0.05, 0.1) is 11.4 Å². The lowest BCUT2D eigenvalue weighted by Gasteiger charge is -2.33. The zero-order valence-corrected chi connectivity index (χ0v) is 48.3. The molecule has 7 amide bonds. The Morgan fingerprint density at radius 2 is 1.32 bits per heavy atom. The molecule has 9 atom stereocenters. The molecule has 6 aromatic rings. The summed E-state index contributed by atoms with van der Waals surface area (Å²) in [5.41, 5.74) is 4.13. The van der Waals surface area contributed by atoms with Crippen molar-refractivity contribution in [1.82, 2.24) is 36.8 Å². The van der Waals surface area contributed by atoms with Crippen LogP contribution in [-0.4, -0.2) is 124 Å². The largest absolute Gasteiger partial charge is 0.508 e. The number of rotatable bonds is 9. The highest BCUT2D eigenvalue weighted by Gasteiger charge is 2.42. The summed E-state index contributed by atoms with van der Waals surface area (Å²) in [6, 6.07) is 10.8. The highest BCUT2D eigenvalue weighted by atomic mass is 35.5. The van der Waals surface area contributed by atoms with Gasteiger partial charge in [0, 0.05) is 35.5 Å². The Bertz CT molecular complexity index is 3800. The second-order valence-corrected chi connectivity index (χ2v) is 22.1. The van der Waals surface area contributed by atoms with Crippen LogP contribution in [0, 0.1) is 5.92 Å². The number of primary amides is 1. The molecule has 5 heterocycles. The molecule has 26 nitrogen and oxygen atoms in total. The number of amides is 7. The molecule has 0 unspecified atom stereocenters. The molecule has 6 aromatic carbocycles. The number of aliphatic hydroxyl groups excluding tert-OH is 2. The van der Waals surface area contributed by atoms with Crippen LogP contribution in [0.5, 0.6) is 46.0 Å². The van der Waals surface area contributed by atoms with E-state index < -0.39 is 159 Å². The molecule has 0 spiro atoms. The van der Waals surface area contributed by atoms with Crippen LogP contribution in [0.2, 0.25) is 5.02 Å². The number of aromatic hydroxyl groups is 4. The number of para-hydroxylation sites is 1. The molecule has 16 N–H and O–H groups in total. The Balaban J connectivity index is 1.20. The summed E-state index contributed by atoms with van der Waals surface area (Å²) in [6.45, 7) is 3.67. The number of aliphatic hydroxyl groups is 2. The number of carbonyl (C=O) groups is 8. The van der Waals surface area contributed by atoms with E-state index in [4.69, 9.17) is 39.0 Å². The SMILES string of the molecule is CC(C)C[C@H](C(=O)N[C@H]1C(=O)N[C@@H](CC(N)=O)C(=O)N[C@H]2C(=O)N[C@H]3C(=O)N[C@H](C(=O)N[C@H](C(=O)O)c4cc(O)cc(O)c4-c4cc3ccc4O)[C@H](O)c3ccc(cc3)Oc3cc2cc(c3O)Oc2ccc(cc2Cl)[C@H]1O)N(C)C(=S)Nc1ccccc1. The highest BCUT2D eigenvalue weighted by molar-refractivity contribution is 7.80. The first-order valence-corrected chi connectivity index (χ1v) is 27.8. The van der Waals surface area contributed by atoms with Crippen LogP contribution < -0.4 is 52.4 Å². The zero-order chi connectivity index (χ0) is 63.6. The van der Waals surface area contributed by atoms with E-state index in [9.17, 15) is 59.7 Å². The van der Waals surface area contributed by atoms with E-state index in [1.165, 1.54) is 47.4 Å². The molecule has 0 fully saturated rings. The number of nitrogens with zero attached hydrogens (tertiary/aromatic N) is 1. The second kappa shape index (κ2) is 25.8. The van der Waals surface area contributed by atoms with Crippen LogP contribution in [0.25, 0.3) is 11.1 Å². The van der Waals surface area contributed by atoms with Gasteiger partial charge in [-0.15, -0.1) is 0 Å². The van der Waals surface area contributed by atoms with Crippen LogP contribution in [0.1, 0.15) is 84.8 Å². The monoisotopic (exact) mass is 1240 g/mol. The maximum atomic E-state index is 15.5. The molecule has 28 heteroatoms. The van der Waals surface area contributed by atoms with Crippen LogP contribution in [0.3, 0.4) is 0 Å². The maximum Gasteiger partial charge on any atom is 0.330 e. The van der Waals surface area contributed by atoms with Gasteiger partial charge in [-0.2, -0.15) is 0 Å². The van der Waals surface area contributed by atoms with Gasteiger partial charge in [0.25, 0.3) is 0 Å². The Morgan fingerprint density at radius 1 is 0.682 bits per heavy atom. The number of hydrogen-bond donors (Lipinski definition) is 15. The molecule has 0 saturated heterocycles. The first kappa shape index (κ1) is 62.3. The van der Waals surface area contributed by atoms with Gasteiger partial charge in [-0.1, -0.05) is 67.9 Å². The fourth-order valence-corrected chi connectivity index (χ4v) is 10.7. The minimum absolute atomic E-state index is 0.0887. The molecule has 458 valence electrons. The lowest BCUT2D eigenvalue weighted by atomic mass is 9.89. The van der Waals surface area contributed by atoms with Gasteiger partial charge in [0.2, 0.25) is 47.1 Å². The molecule has 5 aliphatic rings. The third-order valence-corrected chi connectivity index (χ3v) is 15.4. The number of nitrogens with one attached hydrogen (secondary N) is 7. The number of thiocarbonyl (C=S) groups is 1. The van der Waals surface area contributed by atoms with Gasteiger partial charge in [-0.3, -0.25) is 33.6 Å². The van der Waals surface area contributed by atoms with E-state index in [1.54, 1.807) is 37.4 Å². The van der Waals surface area contributed by atoms with Crippen molar-refractivity contribution in [3.05, 3.63) is 148 Å². The number of phenols is 4. The van der Waals surface area contributed by atoms with Gasteiger partial charge in [-0.25, -0.2) is 4.79 Å². The van der Waals surface area contributed by atoms with Crippen molar-refractivity contribution in [2.45, 2.75) is 81.2 Å². The molecule has 88 heavy (non-hydrogen) atoms. The summed E-state index contributed by atoms with van der Waals surface area (Å²) in [5, 5.41) is 97.6. The van der Waals surface area contributed by atoms with E-state index in [0.717, 1.165) is 42.5 Å². The van der Waals surface area contributed by atoms with Crippen LogP contribution in [-0.2, 0) is 38.4 Å². The molecule has 0 radical (unpaired) electrons. The number of carbonyl (C=O) groups excluding carboxylic acids is 7. The summed E-state index contributed by atoms with van der Waals surface area (Å²) < 4.78 is 12.3. The number of phenolic OH excluding ortho intramolecular Hbond substituents is 4. The Labute approximate surface area is 510 Å². The minimum Gasteiger partial charge on any atom is -0.508 e. The molecular formula is C60H58ClN9O17S. The summed E-state index contributed by atoms with van der Waals surface area (Å²) in [5.74, 6) is -14.8. The third-order valence-electron chi connectivity index (χ3n) is 14.7. The molecule has 5 aliphatic heterocycles. The standard InChI is InChI=1S/C60H58ClN9O17S/c1-25(2)17-37(70(3)60(88)63-30-7-5-4-6-8-30)54(79)68-49-51(76)28-12-16-40(35(61)19-28)87-42-21-29-20-41(52(42)77)86-32-13-9-26(10-14-32)50(75)48-58(83)67-47(59(84)85)34-22-31(71)23-39(73)44(34)33-18-27(11-15-38(33)72)45(55(80)69-48)66-56(81)46(29)65-53(78)36(24-43(62)74)64-57(49)82/h4-16,18-23,25,36-37,45-51,71-73,75-77H,17,24H2,1-3H3,(H2,62,74)(H,63,88)(H,64,82)(H,65,78)(H,66,81)(H,67,83)(H,68,79)(H,69,80)(H,84,85)/t36-,37+,45+,46+,47-,48-,49+,50+,51+/m0/s1. The number of ether oxygens (including phenoxy) is 2. The number of carboxylic acid groups (broad SMARTS) is 1. The van der Waals surface area contributed by atoms with Crippen LogP contribution in [0.15, 0.2) is 115 Å². The number of anilines is 1. The zero-order valence-electron chi connectivity index (χ0n) is 46.7. The van der Waals surface area contributed by atoms with Gasteiger partial charge < -0.3 is 93.1 Å². The summed E-state index contributed by atoms with van der Waals surface area (Å²) in [6.07, 6.45) is -4.90. The van der Waals surface area contributed by atoms with Crippen molar-refractivity contribution in [3.8, 4) is 57.1 Å². The van der Waals surface area contributed by atoms with Crippen molar-refractivity contribution in [2.24, 2.45) is 11.7 Å². The van der Waals surface area contributed by atoms with Gasteiger partial charge >= 0.3 is 5.97 Å². The second-order valence-electron chi connectivity index (χ2n) is 21.3. The quantitative estimate of drug-likeness (QED) is 0.0914. The Kier molecular flexibility index (Phi) is 18.3. The normalized spacial score (nSPS) is 21.3. The molecule has 11 bridgehead atoms. The number of benzene rings is 6. The molecule has 0 saturated carbocycles. The van der Waals surface area contributed by atoms with Gasteiger partial charge in [0.1, 0.15) is 77.2 Å². The number of aliphatic carboxylic acids is 1. The number of halogens is 1. The van der Waals surface area contributed by atoms with Crippen molar-refractivity contribution in [2.75, 3.05) is 12.4 Å². The first-order chi connectivity index (χ1) is 41.8. The van der Waals surface area contributed by atoms with Crippen molar-refractivity contribution >= 4 is 81.9 Å². The number of likely N-dealkylation sites (N-methyl/N-ethyl adjacent to an activating group) is 1. The van der Waals surface area contributed by atoms with Crippen LogP contribution >= 0.6 is 23.8 Å². The highest BCUT2D eigenvalue weighted by Crippen LogP contribution is 2.47. The smallest absolute Gasteiger partial charge is 0.330 e. The third kappa shape index (κ3) is 13.4. The number of hydrogen-bond acceptors (Lipinski definition) is 17. The number of fused-ring (bicyclic) bond motifs is 15. The van der Waals surface area contributed by atoms with Crippen LogP contribution in [0.4, 0.5) is 5.69 Å². The van der Waals surface area contributed by atoms with Crippen molar-refractivity contribution in [1.29, 1.82) is 0 Å². The fourth-order valence-electron chi connectivity index (χ4n) is 10.2. The number of nitrogens with two attached hydrogens (primary N) is 1. The van der Waals surface area contributed by atoms with E-state index in [2.05, 4.69) is 37.2 Å². The topological polar surface area (TPSA) is 410 Å². The van der Waals surface area contributed by atoms with E-state index in [0.29, 0.717) is 5.69 Å². The Hall–Kier alpha value is -10.2. The molecule has 0 aromatic heterocycles. The molecular weight excluding hydrogens is 1190 g/mol. The maximum absolute atomic E-state index is 15.5. The molecule has 0 aliphatic carbocycles. The fraction of sp³-hybridized carbons (Fsp3) is 0.250. The van der Waals surface area contributed by atoms with E-state index in [-0.39, 0.29) is 56.2 Å². The Morgan fingerprint density at radius 3 is 1.98 bits per heavy atom. The predicted octanol–water partition coefficient (Wildman–Crippen LogP) is 3.85. The first-order valence-electron chi connectivity index (χ1n) is 27.1. The number of carboxylic acids is 1. The van der Waals surface area contributed by atoms with E-state index >= 15 is 14.4 Å². The lowest BCUT2D eigenvalue weighted by molar-refractivity contribution is -0.143.